The van der Waals surface area contributed by atoms with Crippen molar-refractivity contribution in [2.24, 2.45) is 5.41 Å². The van der Waals surface area contributed by atoms with Crippen LogP contribution < -0.4 is 10.2 Å². The Hall–Kier alpha value is -2.42. The molecule has 0 radical (unpaired) electrons. The highest BCUT2D eigenvalue weighted by molar-refractivity contribution is 7.09. The van der Waals surface area contributed by atoms with E-state index in [1.165, 1.54) is 11.5 Å². The van der Waals surface area contributed by atoms with Crippen LogP contribution in [0.25, 0.3) is 11.4 Å². The molecule has 0 saturated carbocycles. The number of aromatic nitrogens is 3. The fourth-order valence-corrected chi connectivity index (χ4v) is 3.20. The molecule has 0 unspecified atom stereocenters. The molecule has 27 heavy (non-hydrogen) atoms. The van der Waals surface area contributed by atoms with Crippen molar-refractivity contribution in [3.63, 3.8) is 0 Å². The fourth-order valence-electron chi connectivity index (χ4n) is 2.66. The minimum absolute atomic E-state index is 0.0290. The zero-order valence-electron chi connectivity index (χ0n) is 16.2. The van der Waals surface area contributed by atoms with Crippen molar-refractivity contribution in [2.75, 3.05) is 50.1 Å². The van der Waals surface area contributed by atoms with Gasteiger partial charge in [0.25, 0.3) is 0 Å². The van der Waals surface area contributed by atoms with E-state index in [2.05, 4.69) is 24.6 Å². The van der Waals surface area contributed by atoms with Gasteiger partial charge in [-0.1, -0.05) is 20.8 Å². The van der Waals surface area contributed by atoms with E-state index in [-0.39, 0.29) is 11.5 Å². The highest BCUT2D eigenvalue weighted by Gasteiger charge is 2.24. The molecule has 8 nitrogen and oxygen atoms in total. The summed E-state index contributed by atoms with van der Waals surface area (Å²) in [6.07, 6.45) is 1.53. The number of piperazine rings is 1. The van der Waals surface area contributed by atoms with Gasteiger partial charge in [0.1, 0.15) is 5.82 Å². The fraction of sp³-hybridized carbons (Fsp3) is 0.556. The molecule has 3 rings (SSSR count). The largest absolute Gasteiger partial charge is 0.449 e. The topological polar surface area (TPSA) is 83.5 Å². The van der Waals surface area contributed by atoms with Crippen molar-refractivity contribution in [3.05, 3.63) is 18.3 Å². The summed E-state index contributed by atoms with van der Waals surface area (Å²) >= 11 is 1.33. The third-order valence-electron chi connectivity index (χ3n) is 4.13. The number of anilines is 2. The monoisotopic (exact) mass is 390 g/mol. The van der Waals surface area contributed by atoms with Crippen LogP contribution in [0.4, 0.5) is 15.7 Å². The van der Waals surface area contributed by atoms with Crippen LogP contribution in [0.3, 0.4) is 0 Å². The van der Waals surface area contributed by atoms with Crippen LogP contribution in [-0.2, 0) is 4.74 Å². The lowest BCUT2D eigenvalue weighted by Crippen LogP contribution is -2.49. The molecule has 146 valence electrons. The summed E-state index contributed by atoms with van der Waals surface area (Å²) in [5.74, 6) is 1.56. The lowest BCUT2D eigenvalue weighted by Gasteiger charge is -2.35. The summed E-state index contributed by atoms with van der Waals surface area (Å²) in [5, 5.41) is 3.78. The van der Waals surface area contributed by atoms with E-state index in [9.17, 15) is 4.79 Å². The van der Waals surface area contributed by atoms with Gasteiger partial charge in [0, 0.05) is 56.5 Å². The normalized spacial score (nSPS) is 15.0. The summed E-state index contributed by atoms with van der Waals surface area (Å²) in [6.45, 7) is 9.24. The van der Waals surface area contributed by atoms with E-state index in [4.69, 9.17) is 4.74 Å². The van der Waals surface area contributed by atoms with Crippen LogP contribution in [0.5, 0.6) is 0 Å². The maximum atomic E-state index is 12.2. The Bertz CT molecular complexity index is 780. The van der Waals surface area contributed by atoms with Gasteiger partial charge >= 0.3 is 6.09 Å². The molecule has 1 aliphatic rings. The highest BCUT2D eigenvalue weighted by Crippen LogP contribution is 2.24. The standard InChI is InChI=1S/C18H26N6O2S/c1-18(2,3)12-26-17(25)24-9-7-23(8-10-24)14-11-13(5-6-20-14)15-21-16(19-4)27-22-15/h5-6,11H,7-10,12H2,1-4H3,(H,19,21,22). The number of nitrogens with zero attached hydrogens (tertiary/aromatic N) is 5. The quantitative estimate of drug-likeness (QED) is 0.859. The van der Waals surface area contributed by atoms with Gasteiger partial charge in [-0.25, -0.2) is 9.78 Å². The summed E-state index contributed by atoms with van der Waals surface area (Å²) in [4.78, 5) is 25.1. The molecule has 2 aromatic rings. The molecule has 2 aromatic heterocycles. The van der Waals surface area contributed by atoms with Crippen molar-refractivity contribution in [2.45, 2.75) is 20.8 Å². The van der Waals surface area contributed by atoms with Crippen LogP contribution in [0.15, 0.2) is 18.3 Å². The second-order valence-corrected chi connectivity index (χ2v) is 8.42. The molecule has 1 N–H and O–H groups in total. The summed E-state index contributed by atoms with van der Waals surface area (Å²) in [5.41, 5.74) is 0.906. The maximum absolute atomic E-state index is 12.2. The number of carbonyl (C=O) groups is 1. The number of carbonyl (C=O) groups excluding carboxylic acids is 1. The molecule has 0 bridgehead atoms. The Labute approximate surface area is 163 Å². The van der Waals surface area contributed by atoms with Gasteiger partial charge in [-0.3, -0.25) is 0 Å². The summed E-state index contributed by atoms with van der Waals surface area (Å²) in [6, 6.07) is 3.90. The van der Waals surface area contributed by atoms with Crippen LogP contribution in [0.2, 0.25) is 0 Å². The molecule has 1 fully saturated rings. The van der Waals surface area contributed by atoms with E-state index >= 15 is 0 Å². The van der Waals surface area contributed by atoms with Crippen molar-refractivity contribution in [1.82, 2.24) is 19.2 Å². The molecular weight excluding hydrogens is 364 g/mol. The van der Waals surface area contributed by atoms with Gasteiger partial charge < -0.3 is 19.9 Å². The number of hydrogen-bond acceptors (Lipinski definition) is 8. The van der Waals surface area contributed by atoms with Gasteiger partial charge in [0.05, 0.1) is 6.61 Å². The molecule has 9 heteroatoms. The average molecular weight is 391 g/mol. The first-order valence-corrected chi connectivity index (χ1v) is 9.77. The molecule has 1 aliphatic heterocycles. The minimum Gasteiger partial charge on any atom is -0.449 e. The molecular formula is C18H26N6O2S. The number of rotatable bonds is 4. The number of amides is 1. The third kappa shape index (κ3) is 5.06. The Balaban J connectivity index is 1.59. The van der Waals surface area contributed by atoms with E-state index in [0.29, 0.717) is 38.6 Å². The zero-order valence-corrected chi connectivity index (χ0v) is 17.0. The second-order valence-electron chi connectivity index (χ2n) is 7.67. The van der Waals surface area contributed by atoms with E-state index in [0.717, 1.165) is 16.5 Å². The maximum Gasteiger partial charge on any atom is 0.409 e. The van der Waals surface area contributed by atoms with Gasteiger partial charge in [-0.15, -0.1) is 0 Å². The van der Waals surface area contributed by atoms with Gasteiger partial charge in [-0.05, 0) is 17.5 Å². The summed E-state index contributed by atoms with van der Waals surface area (Å²) in [7, 11) is 1.83. The molecule has 1 saturated heterocycles. The first kappa shape index (κ1) is 19.3. The zero-order chi connectivity index (χ0) is 19.4. The van der Waals surface area contributed by atoms with E-state index < -0.39 is 0 Å². The van der Waals surface area contributed by atoms with Crippen LogP contribution in [-0.4, -0.2) is 65.2 Å². The highest BCUT2D eigenvalue weighted by atomic mass is 32.1. The number of pyridine rings is 1. The molecule has 1 amide bonds. The van der Waals surface area contributed by atoms with Crippen molar-refractivity contribution < 1.29 is 9.53 Å². The SMILES string of the molecule is CNc1nc(-c2ccnc(N3CCN(C(=O)OCC(C)(C)C)CC3)c2)ns1. The first-order valence-electron chi connectivity index (χ1n) is 9.00. The predicted octanol–water partition coefficient (Wildman–Crippen LogP) is 2.95. The van der Waals surface area contributed by atoms with Gasteiger partial charge in [0.15, 0.2) is 5.82 Å². The number of nitrogens with one attached hydrogen (secondary N) is 1. The lowest BCUT2D eigenvalue weighted by atomic mass is 9.99. The smallest absolute Gasteiger partial charge is 0.409 e. The molecule has 3 heterocycles. The first-order chi connectivity index (χ1) is 12.9. The lowest BCUT2D eigenvalue weighted by molar-refractivity contribution is 0.0707. The minimum atomic E-state index is -0.238. The predicted molar refractivity (Wildman–Crippen MR) is 107 cm³/mol. The van der Waals surface area contributed by atoms with Crippen molar-refractivity contribution in [3.8, 4) is 11.4 Å². The van der Waals surface area contributed by atoms with Crippen LogP contribution >= 0.6 is 11.5 Å². The Kier molecular flexibility index (Phi) is 5.79. The van der Waals surface area contributed by atoms with E-state index in [1.54, 1.807) is 11.1 Å². The summed E-state index contributed by atoms with van der Waals surface area (Å²) < 4.78 is 9.78. The third-order valence-corrected chi connectivity index (χ3v) is 4.87. The number of ether oxygens (including phenoxy) is 1. The average Bonchev–Trinajstić information content (AvgIpc) is 3.15. The molecule has 0 atom stereocenters. The Morgan fingerprint density at radius 1 is 1.30 bits per heavy atom. The molecule has 0 spiro atoms. The van der Waals surface area contributed by atoms with E-state index in [1.807, 2.05) is 40.0 Å². The molecule has 0 aliphatic carbocycles. The van der Waals surface area contributed by atoms with Gasteiger partial charge in [0.2, 0.25) is 5.13 Å². The second kappa shape index (κ2) is 8.08. The van der Waals surface area contributed by atoms with Gasteiger partial charge in [-0.2, -0.15) is 9.36 Å². The Morgan fingerprint density at radius 3 is 2.67 bits per heavy atom. The van der Waals surface area contributed by atoms with Crippen molar-refractivity contribution in [1.29, 1.82) is 0 Å². The molecule has 0 aromatic carbocycles. The van der Waals surface area contributed by atoms with Crippen LogP contribution in [0, 0.1) is 5.41 Å². The number of hydrogen-bond donors (Lipinski definition) is 1. The van der Waals surface area contributed by atoms with Crippen LogP contribution in [0.1, 0.15) is 20.8 Å². The Morgan fingerprint density at radius 2 is 2.04 bits per heavy atom. The van der Waals surface area contributed by atoms with Crippen molar-refractivity contribution >= 4 is 28.6 Å².